The van der Waals surface area contributed by atoms with Crippen molar-refractivity contribution in [1.82, 2.24) is 14.7 Å². The highest BCUT2D eigenvalue weighted by Gasteiger charge is 2.15. The third kappa shape index (κ3) is 1.61. The highest BCUT2D eigenvalue weighted by molar-refractivity contribution is 5.53. The molecule has 3 heterocycles. The molecular formula is C13H17N3. The van der Waals surface area contributed by atoms with Crippen molar-refractivity contribution < 1.29 is 0 Å². The number of piperidine rings is 1. The second-order valence-electron chi connectivity index (χ2n) is 4.61. The molecule has 1 aliphatic rings. The molecule has 1 saturated heterocycles. The zero-order chi connectivity index (χ0) is 11.0. The van der Waals surface area contributed by atoms with E-state index in [2.05, 4.69) is 40.0 Å². The number of nitrogens with zero attached hydrogens (tertiary/aromatic N) is 2. The third-order valence-electron chi connectivity index (χ3n) is 3.57. The predicted octanol–water partition coefficient (Wildman–Crippen LogP) is 2.11. The van der Waals surface area contributed by atoms with E-state index in [4.69, 9.17) is 0 Å². The van der Waals surface area contributed by atoms with Crippen molar-refractivity contribution in [3.63, 3.8) is 0 Å². The molecule has 3 rings (SSSR count). The number of imidazole rings is 1. The molecule has 2 aromatic heterocycles. The molecule has 0 aliphatic carbocycles. The predicted molar refractivity (Wildman–Crippen MR) is 64.8 cm³/mol. The molecule has 0 amide bonds. The molecule has 1 aliphatic heterocycles. The summed E-state index contributed by atoms with van der Waals surface area (Å²) in [6.07, 6.45) is 6.52. The van der Waals surface area contributed by atoms with Crippen LogP contribution in [-0.2, 0) is 0 Å². The van der Waals surface area contributed by atoms with Gasteiger partial charge in [-0.3, -0.25) is 0 Å². The second kappa shape index (κ2) is 3.91. The summed E-state index contributed by atoms with van der Waals surface area (Å²) in [7, 11) is 0. The van der Waals surface area contributed by atoms with Gasteiger partial charge in [0, 0.05) is 6.20 Å². The molecule has 0 radical (unpaired) electrons. The lowest BCUT2D eigenvalue weighted by molar-refractivity contribution is 0.460. The number of pyridine rings is 1. The molecule has 0 bridgehead atoms. The number of hydrogen-bond donors (Lipinski definition) is 1. The summed E-state index contributed by atoms with van der Waals surface area (Å²) in [6.45, 7) is 4.36. The Balaban J connectivity index is 1.99. The van der Waals surface area contributed by atoms with E-state index in [9.17, 15) is 0 Å². The largest absolute Gasteiger partial charge is 0.317 e. The van der Waals surface area contributed by atoms with Crippen molar-refractivity contribution in [1.29, 1.82) is 0 Å². The van der Waals surface area contributed by atoms with Crippen LogP contribution in [-0.4, -0.2) is 22.5 Å². The van der Waals surface area contributed by atoms with Crippen molar-refractivity contribution in [2.45, 2.75) is 25.7 Å². The first kappa shape index (κ1) is 9.85. The van der Waals surface area contributed by atoms with Gasteiger partial charge in [0.05, 0.1) is 17.5 Å². The summed E-state index contributed by atoms with van der Waals surface area (Å²) in [4.78, 5) is 4.33. The standard InChI is InChI=1S/C13H17N3/c1-10-13-8-12(4-7-16(13)9-15-10)11-2-5-14-6-3-11/h4,7-9,11,14H,2-3,5-6H2,1H3. The molecule has 0 spiro atoms. The fraction of sp³-hybridized carbons (Fsp3) is 0.462. The van der Waals surface area contributed by atoms with Crippen LogP contribution in [0.15, 0.2) is 24.7 Å². The van der Waals surface area contributed by atoms with Crippen LogP contribution in [0.2, 0.25) is 0 Å². The lowest BCUT2D eigenvalue weighted by atomic mass is 9.90. The van der Waals surface area contributed by atoms with Gasteiger partial charge in [-0.15, -0.1) is 0 Å². The molecule has 1 N–H and O–H groups in total. The minimum Gasteiger partial charge on any atom is -0.317 e. The molecule has 0 saturated carbocycles. The van der Waals surface area contributed by atoms with E-state index < -0.39 is 0 Å². The maximum Gasteiger partial charge on any atom is 0.0995 e. The number of aromatic nitrogens is 2. The topological polar surface area (TPSA) is 29.3 Å². The second-order valence-corrected chi connectivity index (χ2v) is 4.61. The normalized spacial score (nSPS) is 18.1. The van der Waals surface area contributed by atoms with Gasteiger partial charge in [0.15, 0.2) is 0 Å². The van der Waals surface area contributed by atoms with Crippen LogP contribution in [0.1, 0.15) is 30.0 Å². The van der Waals surface area contributed by atoms with Gasteiger partial charge in [-0.2, -0.15) is 0 Å². The Morgan fingerprint density at radius 3 is 3.00 bits per heavy atom. The Hall–Kier alpha value is -1.35. The van der Waals surface area contributed by atoms with Crippen LogP contribution in [0.3, 0.4) is 0 Å². The highest BCUT2D eigenvalue weighted by Crippen LogP contribution is 2.26. The molecule has 0 atom stereocenters. The molecule has 0 aromatic carbocycles. The Kier molecular flexibility index (Phi) is 2.40. The molecule has 2 aromatic rings. The van der Waals surface area contributed by atoms with Crippen LogP contribution in [0.4, 0.5) is 0 Å². The summed E-state index contributed by atoms with van der Waals surface area (Å²) in [5.41, 5.74) is 3.84. The number of nitrogens with one attached hydrogen (secondary N) is 1. The van der Waals surface area contributed by atoms with Gasteiger partial charge >= 0.3 is 0 Å². The van der Waals surface area contributed by atoms with Crippen LogP contribution < -0.4 is 5.32 Å². The van der Waals surface area contributed by atoms with E-state index in [1.165, 1.54) is 23.9 Å². The monoisotopic (exact) mass is 215 g/mol. The molecule has 0 unspecified atom stereocenters. The maximum atomic E-state index is 4.33. The van der Waals surface area contributed by atoms with Gasteiger partial charge in [0.2, 0.25) is 0 Å². The number of rotatable bonds is 1. The SMILES string of the molecule is Cc1ncn2ccc(C3CCNCC3)cc12. The van der Waals surface area contributed by atoms with Gasteiger partial charge in [-0.05, 0) is 56.5 Å². The lowest BCUT2D eigenvalue weighted by Crippen LogP contribution is -2.26. The van der Waals surface area contributed by atoms with E-state index in [-0.39, 0.29) is 0 Å². The summed E-state index contributed by atoms with van der Waals surface area (Å²) >= 11 is 0. The Morgan fingerprint density at radius 2 is 2.19 bits per heavy atom. The average molecular weight is 215 g/mol. The van der Waals surface area contributed by atoms with Crippen LogP contribution in [0.5, 0.6) is 0 Å². The molecular weight excluding hydrogens is 198 g/mol. The van der Waals surface area contributed by atoms with Crippen molar-refractivity contribution in [3.05, 3.63) is 35.9 Å². The van der Waals surface area contributed by atoms with E-state index in [1.807, 2.05) is 6.33 Å². The van der Waals surface area contributed by atoms with Gasteiger partial charge in [-0.1, -0.05) is 0 Å². The fourth-order valence-corrected chi connectivity index (χ4v) is 2.54. The summed E-state index contributed by atoms with van der Waals surface area (Å²) in [6, 6.07) is 4.54. The first-order valence-electron chi connectivity index (χ1n) is 5.98. The van der Waals surface area contributed by atoms with Crippen molar-refractivity contribution in [2.24, 2.45) is 0 Å². The highest BCUT2D eigenvalue weighted by atomic mass is 15.0. The number of fused-ring (bicyclic) bond motifs is 1. The van der Waals surface area contributed by atoms with Gasteiger partial charge in [0.25, 0.3) is 0 Å². The minimum atomic E-state index is 0.723. The third-order valence-corrected chi connectivity index (χ3v) is 3.57. The Morgan fingerprint density at radius 1 is 1.38 bits per heavy atom. The quantitative estimate of drug-likeness (QED) is 0.789. The smallest absolute Gasteiger partial charge is 0.0995 e. The zero-order valence-corrected chi connectivity index (χ0v) is 9.61. The average Bonchev–Trinajstić information content (AvgIpc) is 2.72. The first-order valence-corrected chi connectivity index (χ1v) is 5.98. The summed E-state index contributed by atoms with van der Waals surface area (Å²) in [5.74, 6) is 0.723. The van der Waals surface area contributed by atoms with E-state index in [0.717, 1.165) is 24.7 Å². The summed E-state index contributed by atoms with van der Waals surface area (Å²) in [5, 5.41) is 3.41. The van der Waals surface area contributed by atoms with E-state index >= 15 is 0 Å². The maximum absolute atomic E-state index is 4.33. The van der Waals surface area contributed by atoms with E-state index in [0.29, 0.717) is 0 Å². The van der Waals surface area contributed by atoms with Gasteiger partial charge in [-0.25, -0.2) is 4.98 Å². The summed E-state index contributed by atoms with van der Waals surface area (Å²) < 4.78 is 2.10. The van der Waals surface area contributed by atoms with Crippen LogP contribution in [0, 0.1) is 6.92 Å². The Labute approximate surface area is 95.5 Å². The van der Waals surface area contributed by atoms with Gasteiger partial charge < -0.3 is 9.72 Å². The number of hydrogen-bond acceptors (Lipinski definition) is 2. The van der Waals surface area contributed by atoms with Gasteiger partial charge in [0.1, 0.15) is 0 Å². The lowest BCUT2D eigenvalue weighted by Gasteiger charge is -2.23. The van der Waals surface area contributed by atoms with E-state index in [1.54, 1.807) is 0 Å². The van der Waals surface area contributed by atoms with Crippen molar-refractivity contribution in [2.75, 3.05) is 13.1 Å². The van der Waals surface area contributed by atoms with Crippen molar-refractivity contribution >= 4 is 5.52 Å². The van der Waals surface area contributed by atoms with Crippen molar-refractivity contribution in [3.8, 4) is 0 Å². The first-order chi connectivity index (χ1) is 7.84. The molecule has 84 valence electrons. The minimum absolute atomic E-state index is 0.723. The molecule has 1 fully saturated rings. The zero-order valence-electron chi connectivity index (χ0n) is 9.61. The number of aryl methyl sites for hydroxylation is 1. The Bertz CT molecular complexity index is 495. The van der Waals surface area contributed by atoms with Crippen LogP contribution >= 0.6 is 0 Å². The molecule has 3 nitrogen and oxygen atoms in total. The fourth-order valence-electron chi connectivity index (χ4n) is 2.54. The molecule has 16 heavy (non-hydrogen) atoms. The molecule has 3 heteroatoms. The van der Waals surface area contributed by atoms with Crippen LogP contribution in [0.25, 0.3) is 5.52 Å².